The molecule has 0 bridgehead atoms. The van der Waals surface area contributed by atoms with Gasteiger partial charge >= 0.3 is 0 Å². The highest BCUT2D eigenvalue weighted by Gasteiger charge is 2.20. The fourth-order valence-corrected chi connectivity index (χ4v) is 2.29. The Bertz CT molecular complexity index is 457. The summed E-state index contributed by atoms with van der Waals surface area (Å²) in [4.78, 5) is 2.30. The zero-order valence-corrected chi connectivity index (χ0v) is 13.8. The van der Waals surface area contributed by atoms with Crippen LogP contribution in [-0.4, -0.2) is 31.4 Å². The van der Waals surface area contributed by atoms with Crippen molar-refractivity contribution in [1.82, 2.24) is 4.90 Å². The molecule has 0 aliphatic carbocycles. The molecule has 1 aromatic rings. The maximum absolute atomic E-state index is 7.56. The van der Waals surface area contributed by atoms with Crippen LogP contribution in [0.15, 0.2) is 24.3 Å². The van der Waals surface area contributed by atoms with Crippen molar-refractivity contribution in [2.75, 3.05) is 20.7 Å². The second-order valence-electron chi connectivity index (χ2n) is 6.30. The van der Waals surface area contributed by atoms with Crippen molar-refractivity contribution >= 4 is 5.84 Å². The molecule has 0 aliphatic rings. The molecule has 3 N–H and O–H groups in total. The van der Waals surface area contributed by atoms with Crippen molar-refractivity contribution in [2.45, 2.75) is 39.7 Å². The van der Waals surface area contributed by atoms with Gasteiger partial charge in [0.15, 0.2) is 0 Å². The summed E-state index contributed by atoms with van der Waals surface area (Å²) in [6.07, 6.45) is 3.16. The van der Waals surface area contributed by atoms with Gasteiger partial charge in [0.2, 0.25) is 0 Å². The molecule has 0 unspecified atom stereocenters. The number of hydrogen-bond donors (Lipinski definition) is 2. The molecule has 0 heterocycles. The molecule has 0 amide bonds. The molecule has 118 valence electrons. The number of methoxy groups -OCH3 is 1. The third kappa shape index (κ3) is 5.76. The first-order valence-corrected chi connectivity index (χ1v) is 7.52. The molecule has 0 fully saturated rings. The summed E-state index contributed by atoms with van der Waals surface area (Å²) in [5.41, 5.74) is 6.64. The van der Waals surface area contributed by atoms with E-state index in [9.17, 15) is 0 Å². The lowest BCUT2D eigenvalue weighted by Gasteiger charge is -2.23. The number of nitrogens with one attached hydrogen (secondary N) is 1. The summed E-state index contributed by atoms with van der Waals surface area (Å²) in [5.74, 6) is 1.23. The van der Waals surface area contributed by atoms with Gasteiger partial charge in [-0.25, -0.2) is 0 Å². The van der Waals surface area contributed by atoms with Crippen LogP contribution < -0.4 is 10.5 Å². The van der Waals surface area contributed by atoms with Gasteiger partial charge in [0.25, 0.3) is 0 Å². The van der Waals surface area contributed by atoms with Crippen LogP contribution in [0.2, 0.25) is 0 Å². The van der Waals surface area contributed by atoms with Gasteiger partial charge in [-0.3, -0.25) is 5.41 Å². The van der Waals surface area contributed by atoms with E-state index >= 15 is 0 Å². The van der Waals surface area contributed by atoms with Gasteiger partial charge in [-0.05, 0) is 32.5 Å². The zero-order valence-electron chi connectivity index (χ0n) is 13.8. The van der Waals surface area contributed by atoms with Gasteiger partial charge in [0.1, 0.15) is 5.75 Å². The molecule has 4 heteroatoms. The number of unbranched alkanes of at least 4 members (excludes halogenated alkanes) is 1. The summed E-state index contributed by atoms with van der Waals surface area (Å²) in [5, 5.41) is 7.56. The maximum atomic E-state index is 7.56. The highest BCUT2D eigenvalue weighted by atomic mass is 16.5. The van der Waals surface area contributed by atoms with Gasteiger partial charge in [-0.2, -0.15) is 0 Å². The van der Waals surface area contributed by atoms with E-state index < -0.39 is 0 Å². The fraction of sp³-hybridized carbons (Fsp3) is 0.588. The quantitative estimate of drug-likeness (QED) is 0.417. The average molecular weight is 291 g/mol. The molecule has 1 aromatic carbocycles. The second kappa shape index (κ2) is 8.03. The minimum Gasteiger partial charge on any atom is -0.496 e. The summed E-state index contributed by atoms with van der Waals surface area (Å²) in [7, 11) is 3.84. The molecule has 0 radical (unpaired) electrons. The third-order valence-corrected chi connectivity index (χ3v) is 3.95. The fourth-order valence-electron chi connectivity index (χ4n) is 2.29. The number of nitrogens with zero attached hydrogens (tertiary/aromatic N) is 1. The first kappa shape index (κ1) is 17.5. The normalized spacial score (nSPS) is 11.7. The largest absolute Gasteiger partial charge is 0.496 e. The lowest BCUT2D eigenvalue weighted by Crippen LogP contribution is -2.31. The minimum absolute atomic E-state index is 0.179. The Kier molecular flexibility index (Phi) is 6.69. The molecule has 21 heavy (non-hydrogen) atoms. The number of hydrogen-bond acceptors (Lipinski definition) is 3. The van der Waals surface area contributed by atoms with Crippen LogP contribution in [0, 0.1) is 10.8 Å². The van der Waals surface area contributed by atoms with E-state index in [-0.39, 0.29) is 11.3 Å². The van der Waals surface area contributed by atoms with Crippen LogP contribution in [0.1, 0.15) is 38.7 Å². The zero-order chi connectivity index (χ0) is 15.9. The molecule has 4 nitrogen and oxygen atoms in total. The summed E-state index contributed by atoms with van der Waals surface area (Å²) in [6.45, 7) is 5.99. The number of nitrogens with two attached hydrogens (primary N) is 1. The monoisotopic (exact) mass is 291 g/mol. The molecule has 0 aromatic heterocycles. The molecule has 0 aliphatic heterocycles. The predicted molar refractivity (Wildman–Crippen MR) is 88.9 cm³/mol. The van der Waals surface area contributed by atoms with Gasteiger partial charge in [-0.1, -0.05) is 38.5 Å². The highest BCUT2D eigenvalue weighted by molar-refractivity contribution is 5.82. The van der Waals surface area contributed by atoms with Gasteiger partial charge < -0.3 is 15.4 Å². The van der Waals surface area contributed by atoms with E-state index in [1.807, 2.05) is 32.0 Å². The first-order valence-electron chi connectivity index (χ1n) is 7.52. The standard InChI is InChI=1S/C17H29N3O/c1-17(2,16(18)19)11-7-8-12-20(3)13-14-9-5-6-10-15(14)21-4/h5-6,9-10H,7-8,11-13H2,1-4H3,(H3,18,19). The number of amidine groups is 1. The van der Waals surface area contributed by atoms with Crippen molar-refractivity contribution in [1.29, 1.82) is 5.41 Å². The first-order chi connectivity index (χ1) is 9.86. The molecule has 1 rings (SSSR count). The Balaban J connectivity index is 2.35. The van der Waals surface area contributed by atoms with E-state index in [0.717, 1.165) is 38.1 Å². The van der Waals surface area contributed by atoms with Crippen molar-refractivity contribution in [2.24, 2.45) is 11.1 Å². The van der Waals surface area contributed by atoms with Gasteiger partial charge in [0, 0.05) is 17.5 Å². The van der Waals surface area contributed by atoms with Crippen LogP contribution in [0.5, 0.6) is 5.75 Å². The topological polar surface area (TPSA) is 62.3 Å². The molecular weight excluding hydrogens is 262 g/mol. The van der Waals surface area contributed by atoms with Crippen LogP contribution in [0.25, 0.3) is 0 Å². The second-order valence-corrected chi connectivity index (χ2v) is 6.30. The van der Waals surface area contributed by atoms with Crippen molar-refractivity contribution in [3.05, 3.63) is 29.8 Å². The minimum atomic E-state index is -0.179. The van der Waals surface area contributed by atoms with E-state index in [2.05, 4.69) is 18.0 Å². The number of benzene rings is 1. The highest BCUT2D eigenvalue weighted by Crippen LogP contribution is 2.23. The van der Waals surface area contributed by atoms with E-state index in [1.54, 1.807) is 7.11 Å². The van der Waals surface area contributed by atoms with Crippen LogP contribution in [0.3, 0.4) is 0 Å². The van der Waals surface area contributed by atoms with Crippen LogP contribution >= 0.6 is 0 Å². The lowest BCUT2D eigenvalue weighted by molar-refractivity contribution is 0.302. The Hall–Kier alpha value is -1.55. The number of ether oxygens (including phenoxy) is 1. The van der Waals surface area contributed by atoms with Crippen LogP contribution in [-0.2, 0) is 6.54 Å². The molecule has 0 atom stereocenters. The number of rotatable bonds is 9. The smallest absolute Gasteiger partial charge is 0.123 e. The van der Waals surface area contributed by atoms with Crippen LogP contribution in [0.4, 0.5) is 0 Å². The summed E-state index contributed by atoms with van der Waals surface area (Å²) < 4.78 is 5.38. The Morgan fingerprint density at radius 1 is 1.29 bits per heavy atom. The third-order valence-electron chi connectivity index (χ3n) is 3.95. The maximum Gasteiger partial charge on any atom is 0.123 e. The van der Waals surface area contributed by atoms with E-state index in [1.165, 1.54) is 5.56 Å². The van der Waals surface area contributed by atoms with E-state index in [4.69, 9.17) is 15.9 Å². The Morgan fingerprint density at radius 2 is 1.95 bits per heavy atom. The summed E-state index contributed by atoms with van der Waals surface area (Å²) in [6, 6.07) is 8.14. The number of para-hydroxylation sites is 1. The predicted octanol–water partition coefficient (Wildman–Crippen LogP) is 3.26. The average Bonchev–Trinajstić information content (AvgIpc) is 2.44. The SMILES string of the molecule is COc1ccccc1CN(C)CCCCC(C)(C)C(=N)N. The van der Waals surface area contributed by atoms with Gasteiger partial charge in [-0.15, -0.1) is 0 Å². The van der Waals surface area contributed by atoms with Gasteiger partial charge in [0.05, 0.1) is 12.9 Å². The summed E-state index contributed by atoms with van der Waals surface area (Å²) >= 11 is 0. The van der Waals surface area contributed by atoms with Crippen molar-refractivity contribution < 1.29 is 4.74 Å². The van der Waals surface area contributed by atoms with Crippen molar-refractivity contribution in [3.8, 4) is 5.75 Å². The van der Waals surface area contributed by atoms with E-state index in [0.29, 0.717) is 0 Å². The molecule has 0 saturated carbocycles. The molecule has 0 spiro atoms. The lowest BCUT2D eigenvalue weighted by atomic mass is 9.86. The molecule has 0 saturated heterocycles. The van der Waals surface area contributed by atoms with Crippen molar-refractivity contribution in [3.63, 3.8) is 0 Å². The Morgan fingerprint density at radius 3 is 2.57 bits per heavy atom. The molecular formula is C17H29N3O. The Labute approximate surface area is 128 Å².